The molecule has 0 aromatic heterocycles. The summed E-state index contributed by atoms with van der Waals surface area (Å²) in [4.78, 5) is 26.6. The zero-order chi connectivity index (χ0) is 17.6. The Balaban J connectivity index is 1.99. The van der Waals surface area contributed by atoms with Crippen LogP contribution in [0.4, 0.5) is 5.69 Å². The van der Waals surface area contributed by atoms with E-state index in [2.05, 4.69) is 5.32 Å². The number of nitrogens with zero attached hydrogens (tertiary/aromatic N) is 1. The number of hydrogen-bond acceptors (Lipinski definition) is 4. The first-order valence-electron chi connectivity index (χ1n) is 8.43. The molecule has 6 heteroatoms. The minimum absolute atomic E-state index is 0.0134. The van der Waals surface area contributed by atoms with Gasteiger partial charge >= 0.3 is 0 Å². The number of rotatable bonds is 6. The molecular weight excluding hydrogens is 306 g/mol. The average Bonchev–Trinajstić information content (AvgIpc) is 2.61. The predicted molar refractivity (Wildman–Crippen MR) is 93.6 cm³/mol. The van der Waals surface area contributed by atoms with Gasteiger partial charge < -0.3 is 20.7 Å². The summed E-state index contributed by atoms with van der Waals surface area (Å²) in [6, 6.07) is 7.68. The van der Waals surface area contributed by atoms with Crippen LogP contribution in [0, 0.1) is 5.41 Å². The van der Waals surface area contributed by atoms with Gasteiger partial charge in [-0.05, 0) is 30.9 Å². The molecule has 0 aliphatic carbocycles. The first-order valence-corrected chi connectivity index (χ1v) is 8.43. The summed E-state index contributed by atoms with van der Waals surface area (Å²) in [5.74, 6) is -0.279. The molecule has 1 aliphatic rings. The number of nitrogens with two attached hydrogens (primary N) is 1. The lowest BCUT2D eigenvalue weighted by Gasteiger charge is -2.37. The smallest absolute Gasteiger partial charge is 0.243 e. The molecule has 0 atom stereocenters. The largest absolute Gasteiger partial charge is 0.381 e. The van der Waals surface area contributed by atoms with Crippen LogP contribution in [0.25, 0.3) is 0 Å². The topological polar surface area (TPSA) is 84.7 Å². The van der Waals surface area contributed by atoms with Gasteiger partial charge in [-0.3, -0.25) is 9.59 Å². The molecule has 1 aromatic rings. The highest BCUT2D eigenvalue weighted by Crippen LogP contribution is 2.31. The highest BCUT2D eigenvalue weighted by atomic mass is 16.5. The normalized spacial score (nSPS) is 16.5. The maximum absolute atomic E-state index is 12.8. The van der Waals surface area contributed by atoms with Crippen LogP contribution in [0.1, 0.15) is 25.3 Å². The number of amides is 2. The van der Waals surface area contributed by atoms with Crippen LogP contribution in [0.2, 0.25) is 0 Å². The van der Waals surface area contributed by atoms with Gasteiger partial charge in [0, 0.05) is 32.5 Å². The fourth-order valence-electron chi connectivity index (χ4n) is 3.10. The lowest BCUT2D eigenvalue weighted by atomic mass is 9.79. The molecular formula is C18H27N3O3. The number of hydrogen-bond donors (Lipinski definition) is 2. The third kappa shape index (κ3) is 4.13. The zero-order valence-corrected chi connectivity index (χ0v) is 14.5. The summed E-state index contributed by atoms with van der Waals surface area (Å²) in [5.41, 5.74) is 7.13. The van der Waals surface area contributed by atoms with Crippen molar-refractivity contribution in [3.63, 3.8) is 0 Å². The van der Waals surface area contributed by atoms with Crippen molar-refractivity contribution in [3.05, 3.63) is 29.8 Å². The van der Waals surface area contributed by atoms with Crippen molar-refractivity contribution in [3.8, 4) is 0 Å². The van der Waals surface area contributed by atoms with Crippen LogP contribution in [-0.4, -0.2) is 50.1 Å². The van der Waals surface area contributed by atoms with E-state index in [1.54, 1.807) is 7.05 Å². The Morgan fingerprint density at radius 3 is 2.58 bits per heavy atom. The van der Waals surface area contributed by atoms with Gasteiger partial charge in [0.1, 0.15) is 0 Å². The molecule has 1 aliphatic heterocycles. The standard InChI is InChI=1S/C18H27N3O3/c1-3-14-6-4-5-7-15(14)20-16(22)12-21(2)17(23)18(13-19)8-10-24-11-9-18/h4-7H,3,8-13,19H2,1-2H3,(H,20,22). The Bertz CT molecular complexity index is 583. The van der Waals surface area contributed by atoms with E-state index in [4.69, 9.17) is 10.5 Å². The molecule has 0 radical (unpaired) electrons. The summed E-state index contributed by atoms with van der Waals surface area (Å²) in [6.07, 6.45) is 2.04. The molecule has 3 N–H and O–H groups in total. The van der Waals surface area contributed by atoms with Gasteiger partial charge in [0.05, 0.1) is 12.0 Å². The zero-order valence-electron chi connectivity index (χ0n) is 14.5. The summed E-state index contributed by atoms with van der Waals surface area (Å²) in [5, 5.41) is 2.89. The van der Waals surface area contributed by atoms with Crippen LogP contribution < -0.4 is 11.1 Å². The minimum atomic E-state index is -0.603. The molecule has 1 aromatic carbocycles. The quantitative estimate of drug-likeness (QED) is 0.824. The van der Waals surface area contributed by atoms with Crippen molar-refractivity contribution < 1.29 is 14.3 Å². The summed E-state index contributed by atoms with van der Waals surface area (Å²) < 4.78 is 5.34. The first-order chi connectivity index (χ1) is 11.5. The average molecular weight is 333 g/mol. The molecule has 1 saturated heterocycles. The number of benzene rings is 1. The van der Waals surface area contributed by atoms with Gasteiger partial charge in [-0.15, -0.1) is 0 Å². The van der Waals surface area contributed by atoms with E-state index in [0.29, 0.717) is 26.1 Å². The fraction of sp³-hybridized carbons (Fsp3) is 0.556. The molecule has 0 bridgehead atoms. The van der Waals surface area contributed by atoms with E-state index in [9.17, 15) is 9.59 Å². The molecule has 6 nitrogen and oxygen atoms in total. The lowest BCUT2D eigenvalue weighted by molar-refractivity contribution is -0.147. The maximum atomic E-state index is 12.8. The Hall–Kier alpha value is -1.92. The lowest BCUT2D eigenvalue weighted by Crippen LogP contribution is -2.51. The number of para-hydroxylation sites is 1. The third-order valence-electron chi connectivity index (χ3n) is 4.69. The van der Waals surface area contributed by atoms with E-state index in [-0.39, 0.29) is 24.9 Å². The number of carbonyl (C=O) groups excluding carboxylic acids is 2. The van der Waals surface area contributed by atoms with E-state index in [1.807, 2.05) is 31.2 Å². The van der Waals surface area contributed by atoms with Crippen LogP contribution in [0.5, 0.6) is 0 Å². The Morgan fingerprint density at radius 1 is 1.29 bits per heavy atom. The number of aryl methyl sites for hydroxylation is 1. The van der Waals surface area contributed by atoms with Crippen molar-refractivity contribution in [1.82, 2.24) is 4.90 Å². The van der Waals surface area contributed by atoms with Crippen molar-refractivity contribution in [2.24, 2.45) is 11.1 Å². The molecule has 2 rings (SSSR count). The molecule has 24 heavy (non-hydrogen) atoms. The SMILES string of the molecule is CCc1ccccc1NC(=O)CN(C)C(=O)C1(CN)CCOCC1. The van der Waals surface area contributed by atoms with Gasteiger partial charge in [0.2, 0.25) is 11.8 Å². The summed E-state index contributed by atoms with van der Waals surface area (Å²) in [7, 11) is 1.65. The second kappa shape index (κ2) is 8.26. The highest BCUT2D eigenvalue weighted by Gasteiger charge is 2.40. The monoisotopic (exact) mass is 333 g/mol. The van der Waals surface area contributed by atoms with E-state index >= 15 is 0 Å². The third-order valence-corrected chi connectivity index (χ3v) is 4.69. The first kappa shape index (κ1) is 18.4. The van der Waals surface area contributed by atoms with Gasteiger partial charge in [-0.25, -0.2) is 0 Å². The second-order valence-corrected chi connectivity index (χ2v) is 6.32. The molecule has 132 valence electrons. The van der Waals surface area contributed by atoms with E-state index in [0.717, 1.165) is 17.7 Å². The van der Waals surface area contributed by atoms with Crippen molar-refractivity contribution in [2.45, 2.75) is 26.2 Å². The minimum Gasteiger partial charge on any atom is -0.381 e. The van der Waals surface area contributed by atoms with Crippen molar-refractivity contribution in [2.75, 3.05) is 38.7 Å². The van der Waals surface area contributed by atoms with Gasteiger partial charge in [0.25, 0.3) is 0 Å². The van der Waals surface area contributed by atoms with Gasteiger partial charge in [-0.1, -0.05) is 25.1 Å². The molecule has 2 amide bonds. The Morgan fingerprint density at radius 2 is 1.96 bits per heavy atom. The predicted octanol–water partition coefficient (Wildman–Crippen LogP) is 1.40. The number of anilines is 1. The van der Waals surface area contributed by atoms with Crippen LogP contribution >= 0.6 is 0 Å². The number of ether oxygens (including phenoxy) is 1. The molecule has 0 saturated carbocycles. The molecule has 1 heterocycles. The maximum Gasteiger partial charge on any atom is 0.243 e. The second-order valence-electron chi connectivity index (χ2n) is 6.32. The number of carbonyl (C=O) groups is 2. The number of likely N-dealkylation sites (N-methyl/N-ethyl adjacent to an activating group) is 1. The molecule has 0 spiro atoms. The summed E-state index contributed by atoms with van der Waals surface area (Å²) >= 11 is 0. The number of nitrogens with one attached hydrogen (secondary N) is 1. The molecule has 1 fully saturated rings. The van der Waals surface area contributed by atoms with E-state index < -0.39 is 5.41 Å². The van der Waals surface area contributed by atoms with Crippen molar-refractivity contribution >= 4 is 17.5 Å². The highest BCUT2D eigenvalue weighted by molar-refractivity contribution is 5.95. The van der Waals surface area contributed by atoms with E-state index in [1.165, 1.54) is 4.90 Å². The summed E-state index contributed by atoms with van der Waals surface area (Å²) in [6.45, 7) is 3.40. The fourth-order valence-corrected chi connectivity index (χ4v) is 3.10. The van der Waals surface area contributed by atoms with Crippen LogP contribution in [0.15, 0.2) is 24.3 Å². The van der Waals surface area contributed by atoms with Gasteiger partial charge in [0.15, 0.2) is 0 Å². The Kier molecular flexibility index (Phi) is 6.34. The Labute approximate surface area is 143 Å². The van der Waals surface area contributed by atoms with Crippen LogP contribution in [0.3, 0.4) is 0 Å². The molecule has 0 unspecified atom stereocenters. The van der Waals surface area contributed by atoms with Crippen LogP contribution in [-0.2, 0) is 20.7 Å². The van der Waals surface area contributed by atoms with Gasteiger partial charge in [-0.2, -0.15) is 0 Å². The van der Waals surface area contributed by atoms with Crippen molar-refractivity contribution in [1.29, 1.82) is 0 Å².